The highest BCUT2D eigenvalue weighted by atomic mass is 16.6. The summed E-state index contributed by atoms with van der Waals surface area (Å²) in [5, 5.41) is 3.02. The van der Waals surface area contributed by atoms with Crippen LogP contribution in [0.3, 0.4) is 0 Å². The van der Waals surface area contributed by atoms with Crippen molar-refractivity contribution in [3.63, 3.8) is 0 Å². The lowest BCUT2D eigenvalue weighted by atomic mass is 9.77. The fourth-order valence-corrected chi connectivity index (χ4v) is 2.62. The molecule has 1 N–H and O–H groups in total. The van der Waals surface area contributed by atoms with E-state index in [1.54, 1.807) is 0 Å². The molecule has 1 amide bonds. The summed E-state index contributed by atoms with van der Waals surface area (Å²) in [5.41, 5.74) is -0.282. The van der Waals surface area contributed by atoms with Gasteiger partial charge in [-0.1, -0.05) is 0 Å². The SMILES string of the molecule is CC(C)(C)OC(=O)NC12CCC(C1)C2. The van der Waals surface area contributed by atoms with E-state index in [0.29, 0.717) is 0 Å². The molecule has 3 heteroatoms. The van der Waals surface area contributed by atoms with Crippen molar-refractivity contribution in [1.29, 1.82) is 0 Å². The molecule has 0 aromatic heterocycles. The molecule has 3 aliphatic carbocycles. The number of hydrogen-bond donors (Lipinski definition) is 1. The lowest BCUT2D eigenvalue weighted by Crippen LogP contribution is -2.52. The Balaban J connectivity index is 1.83. The monoisotopic (exact) mass is 197 g/mol. The zero-order valence-electron chi connectivity index (χ0n) is 9.22. The molecule has 0 atom stereocenters. The van der Waals surface area contributed by atoms with E-state index in [4.69, 9.17) is 4.74 Å². The highest BCUT2D eigenvalue weighted by molar-refractivity contribution is 5.69. The molecule has 14 heavy (non-hydrogen) atoms. The predicted octanol–water partition coefficient (Wildman–Crippen LogP) is 2.45. The van der Waals surface area contributed by atoms with Crippen molar-refractivity contribution in [3.05, 3.63) is 0 Å². The van der Waals surface area contributed by atoms with E-state index < -0.39 is 0 Å². The normalized spacial score (nSPS) is 34.9. The molecule has 3 saturated carbocycles. The number of nitrogens with one attached hydrogen (secondary N) is 1. The van der Waals surface area contributed by atoms with Gasteiger partial charge >= 0.3 is 6.09 Å². The molecule has 0 saturated heterocycles. The van der Waals surface area contributed by atoms with Gasteiger partial charge in [0.1, 0.15) is 5.60 Å². The maximum Gasteiger partial charge on any atom is 0.408 e. The lowest BCUT2D eigenvalue weighted by Gasteiger charge is -2.39. The summed E-state index contributed by atoms with van der Waals surface area (Å²) in [7, 11) is 0. The van der Waals surface area contributed by atoms with Crippen LogP contribution in [0, 0.1) is 5.92 Å². The van der Waals surface area contributed by atoms with E-state index in [1.165, 1.54) is 6.42 Å². The van der Waals surface area contributed by atoms with Gasteiger partial charge in [-0.2, -0.15) is 0 Å². The van der Waals surface area contributed by atoms with E-state index in [0.717, 1.165) is 25.2 Å². The number of ether oxygens (including phenoxy) is 1. The van der Waals surface area contributed by atoms with Crippen molar-refractivity contribution in [1.82, 2.24) is 5.32 Å². The van der Waals surface area contributed by atoms with Gasteiger partial charge in [0.05, 0.1) is 0 Å². The predicted molar refractivity (Wildman–Crippen MR) is 54.1 cm³/mol. The minimum atomic E-state index is -0.386. The highest BCUT2D eigenvalue weighted by Gasteiger charge is 2.51. The standard InChI is InChI=1S/C11H19NO2/c1-10(2,3)14-9(13)12-11-5-4-8(6-11)7-11/h8H,4-7H2,1-3H3,(H,12,13). The molecule has 0 heterocycles. The van der Waals surface area contributed by atoms with E-state index >= 15 is 0 Å². The summed E-state index contributed by atoms with van der Waals surface area (Å²) in [6, 6.07) is 0. The highest BCUT2D eigenvalue weighted by Crippen LogP contribution is 2.51. The van der Waals surface area contributed by atoms with Gasteiger partial charge in [0.2, 0.25) is 0 Å². The Labute approximate surface area is 85.2 Å². The number of hydrogen-bond acceptors (Lipinski definition) is 2. The summed E-state index contributed by atoms with van der Waals surface area (Å²) in [6.07, 6.45) is 4.48. The van der Waals surface area contributed by atoms with Crippen molar-refractivity contribution < 1.29 is 9.53 Å². The quantitative estimate of drug-likeness (QED) is 0.701. The van der Waals surface area contributed by atoms with Gasteiger partial charge in [0.15, 0.2) is 0 Å². The molecule has 80 valence electrons. The fraction of sp³-hybridized carbons (Fsp3) is 0.909. The molecule has 0 aliphatic heterocycles. The van der Waals surface area contributed by atoms with Crippen LogP contribution in [-0.2, 0) is 4.74 Å². The Kier molecular flexibility index (Phi) is 2.02. The van der Waals surface area contributed by atoms with E-state index in [9.17, 15) is 4.79 Å². The second-order valence-corrected chi connectivity index (χ2v) is 5.72. The van der Waals surface area contributed by atoms with Crippen molar-refractivity contribution >= 4 is 6.09 Å². The lowest BCUT2D eigenvalue weighted by molar-refractivity contribution is 0.0397. The summed E-state index contributed by atoms with van der Waals surface area (Å²) in [4.78, 5) is 11.5. The average Bonchev–Trinajstić information content (AvgIpc) is 2.38. The second-order valence-electron chi connectivity index (χ2n) is 5.72. The average molecular weight is 197 g/mol. The number of rotatable bonds is 1. The minimum absolute atomic E-state index is 0.104. The van der Waals surface area contributed by atoms with Crippen molar-refractivity contribution in [2.75, 3.05) is 0 Å². The van der Waals surface area contributed by atoms with Gasteiger partial charge in [-0.15, -0.1) is 0 Å². The fourth-order valence-electron chi connectivity index (χ4n) is 2.62. The van der Waals surface area contributed by atoms with Crippen molar-refractivity contribution in [2.24, 2.45) is 5.92 Å². The van der Waals surface area contributed by atoms with Crippen LogP contribution in [0.1, 0.15) is 46.5 Å². The van der Waals surface area contributed by atoms with Crippen molar-refractivity contribution in [2.45, 2.75) is 57.6 Å². The molecule has 0 aromatic rings. The number of carbonyl (C=O) groups is 1. The smallest absolute Gasteiger partial charge is 0.408 e. The van der Waals surface area contributed by atoms with Crippen LogP contribution < -0.4 is 5.32 Å². The summed E-state index contributed by atoms with van der Waals surface area (Å²) >= 11 is 0. The molecule has 3 nitrogen and oxygen atoms in total. The van der Waals surface area contributed by atoms with Crippen LogP contribution in [0.5, 0.6) is 0 Å². The number of fused-ring (bicyclic) bond motifs is 1. The molecular weight excluding hydrogens is 178 g/mol. The van der Waals surface area contributed by atoms with Gasteiger partial charge in [0, 0.05) is 5.54 Å². The van der Waals surface area contributed by atoms with Crippen LogP contribution in [-0.4, -0.2) is 17.2 Å². The molecule has 0 unspecified atom stereocenters. The molecule has 3 rings (SSSR count). The summed E-state index contributed by atoms with van der Waals surface area (Å²) in [6.45, 7) is 5.67. The topological polar surface area (TPSA) is 38.3 Å². The summed E-state index contributed by atoms with van der Waals surface area (Å²) < 4.78 is 5.24. The zero-order chi connectivity index (χ0) is 10.4. The van der Waals surface area contributed by atoms with E-state index in [-0.39, 0.29) is 17.2 Å². The van der Waals surface area contributed by atoms with Crippen LogP contribution >= 0.6 is 0 Å². The number of amides is 1. The van der Waals surface area contributed by atoms with Crippen molar-refractivity contribution in [3.8, 4) is 0 Å². The molecule has 3 aliphatic rings. The first-order chi connectivity index (χ1) is 6.39. The molecular formula is C11H19NO2. The van der Waals surface area contributed by atoms with Gasteiger partial charge in [-0.3, -0.25) is 0 Å². The Hall–Kier alpha value is -0.730. The minimum Gasteiger partial charge on any atom is -0.444 e. The molecule has 2 bridgehead atoms. The van der Waals surface area contributed by atoms with E-state index in [1.807, 2.05) is 20.8 Å². The summed E-state index contributed by atoms with van der Waals surface area (Å²) in [5.74, 6) is 0.866. The number of carbonyl (C=O) groups excluding carboxylic acids is 1. The molecule has 0 radical (unpaired) electrons. The zero-order valence-corrected chi connectivity index (χ0v) is 9.22. The van der Waals surface area contributed by atoms with Crippen LogP contribution in [0.15, 0.2) is 0 Å². The Morgan fingerprint density at radius 2 is 2.07 bits per heavy atom. The first-order valence-corrected chi connectivity index (χ1v) is 5.40. The Morgan fingerprint density at radius 3 is 2.50 bits per heavy atom. The van der Waals surface area contributed by atoms with E-state index in [2.05, 4.69) is 5.32 Å². The third-order valence-corrected chi connectivity index (χ3v) is 3.16. The second kappa shape index (κ2) is 2.88. The first-order valence-electron chi connectivity index (χ1n) is 5.40. The molecule has 0 spiro atoms. The maximum absolute atomic E-state index is 11.5. The van der Waals surface area contributed by atoms with Crippen LogP contribution in [0.4, 0.5) is 4.79 Å². The largest absolute Gasteiger partial charge is 0.444 e. The molecule has 3 fully saturated rings. The van der Waals surface area contributed by atoms with Gasteiger partial charge in [-0.25, -0.2) is 4.79 Å². The van der Waals surface area contributed by atoms with Gasteiger partial charge in [0.25, 0.3) is 0 Å². The Morgan fingerprint density at radius 1 is 1.43 bits per heavy atom. The van der Waals surface area contributed by atoms with Gasteiger partial charge < -0.3 is 10.1 Å². The number of alkyl carbamates (subject to hydrolysis) is 1. The maximum atomic E-state index is 11.5. The van der Waals surface area contributed by atoms with Gasteiger partial charge in [-0.05, 0) is 52.4 Å². The third kappa shape index (κ3) is 1.86. The first kappa shape index (κ1) is 9.81. The Bertz CT molecular complexity index is 243. The molecule has 0 aromatic carbocycles. The third-order valence-electron chi connectivity index (χ3n) is 3.16. The van der Waals surface area contributed by atoms with Crippen LogP contribution in [0.25, 0.3) is 0 Å². The van der Waals surface area contributed by atoms with Crippen LogP contribution in [0.2, 0.25) is 0 Å².